The third-order valence-corrected chi connectivity index (χ3v) is 5.69. The topological polar surface area (TPSA) is 40.1 Å². The maximum Gasteiger partial charge on any atom is 0.334 e. The van der Waals surface area contributed by atoms with Crippen molar-refractivity contribution < 1.29 is 9.35 Å². The van der Waals surface area contributed by atoms with Gasteiger partial charge in [-0.3, -0.25) is 0 Å². The van der Waals surface area contributed by atoms with Crippen LogP contribution in [-0.4, -0.2) is 15.9 Å². The van der Waals surface area contributed by atoms with Crippen molar-refractivity contribution in [3.63, 3.8) is 0 Å². The van der Waals surface area contributed by atoms with Crippen molar-refractivity contribution in [3.05, 3.63) is 0 Å². The Labute approximate surface area is 94.0 Å². The summed E-state index contributed by atoms with van der Waals surface area (Å²) < 4.78 is 11.4. The van der Waals surface area contributed by atoms with E-state index in [1.54, 1.807) is 6.26 Å². The van der Waals surface area contributed by atoms with E-state index < -0.39 is 11.2 Å². The molecule has 84 valence electrons. The molecule has 0 aromatic rings. The van der Waals surface area contributed by atoms with Crippen molar-refractivity contribution in [2.75, 3.05) is 6.26 Å². The van der Waals surface area contributed by atoms with E-state index in [0.29, 0.717) is 0 Å². The van der Waals surface area contributed by atoms with E-state index in [4.69, 9.17) is 0 Å². The summed E-state index contributed by atoms with van der Waals surface area (Å²) in [7, 11) is 0. The lowest BCUT2D eigenvalue weighted by atomic mass is 9.50. The quantitative estimate of drug-likeness (QED) is 0.642. The summed E-state index contributed by atoms with van der Waals surface area (Å²) in [6.07, 6.45) is 8.68. The molecule has 1 atom stereocenters. The fourth-order valence-corrected chi connectivity index (χ4v) is 5.53. The molecule has 2 nitrogen and oxygen atoms in total. The Morgan fingerprint density at radius 2 is 1.53 bits per heavy atom. The van der Waals surface area contributed by atoms with Crippen molar-refractivity contribution in [2.45, 2.75) is 38.5 Å². The standard InChI is InChI=1S/C12H18O2S/c1-15(14)11(13)12-5-8-2-9(6-12)4-10(3-8)7-12/h8-10H,2-7H2,1H3. The highest BCUT2D eigenvalue weighted by Gasteiger charge is 2.57. The van der Waals surface area contributed by atoms with Crippen molar-refractivity contribution in [3.8, 4) is 0 Å². The lowest BCUT2D eigenvalue weighted by Crippen LogP contribution is -2.51. The summed E-state index contributed by atoms with van der Waals surface area (Å²) >= 11 is -1.26. The third-order valence-electron chi connectivity index (χ3n) is 4.73. The summed E-state index contributed by atoms with van der Waals surface area (Å²) in [5.41, 5.74) is -0.158. The zero-order chi connectivity index (χ0) is 10.6. The van der Waals surface area contributed by atoms with Crippen LogP contribution < -0.4 is 0 Å². The van der Waals surface area contributed by atoms with Crippen LogP contribution in [0.4, 0.5) is 0 Å². The molecule has 15 heavy (non-hydrogen) atoms. The highest BCUT2D eigenvalue weighted by Crippen LogP contribution is 2.60. The Bertz CT molecular complexity index is 263. The maximum atomic E-state index is 12.1. The largest absolute Gasteiger partial charge is 0.609 e. The lowest BCUT2D eigenvalue weighted by molar-refractivity contribution is -0.135. The molecule has 4 aliphatic rings. The van der Waals surface area contributed by atoms with Crippen LogP contribution in [0.15, 0.2) is 0 Å². The van der Waals surface area contributed by atoms with Gasteiger partial charge in [0.1, 0.15) is 6.26 Å². The lowest BCUT2D eigenvalue weighted by Gasteiger charge is -2.54. The molecule has 4 rings (SSSR count). The van der Waals surface area contributed by atoms with Crippen LogP contribution in [-0.2, 0) is 16.0 Å². The monoisotopic (exact) mass is 226 g/mol. The van der Waals surface area contributed by atoms with Gasteiger partial charge >= 0.3 is 5.12 Å². The third kappa shape index (κ3) is 1.47. The molecule has 0 spiro atoms. The first-order chi connectivity index (χ1) is 7.09. The van der Waals surface area contributed by atoms with Gasteiger partial charge < -0.3 is 4.55 Å². The minimum absolute atomic E-state index is 0.0570. The van der Waals surface area contributed by atoms with Crippen LogP contribution in [0.5, 0.6) is 0 Å². The first-order valence-corrected chi connectivity index (χ1v) is 7.53. The molecule has 0 heterocycles. The normalized spacial score (nSPS) is 49.3. The Morgan fingerprint density at radius 3 is 1.87 bits per heavy atom. The first-order valence-electron chi connectivity index (χ1n) is 5.97. The van der Waals surface area contributed by atoms with Crippen LogP contribution in [0.1, 0.15) is 38.5 Å². The van der Waals surface area contributed by atoms with Crippen LogP contribution in [0.2, 0.25) is 0 Å². The van der Waals surface area contributed by atoms with Crippen molar-refractivity contribution in [2.24, 2.45) is 23.2 Å². The molecular formula is C12H18O2S. The van der Waals surface area contributed by atoms with E-state index in [2.05, 4.69) is 0 Å². The Kier molecular flexibility index (Phi) is 2.19. The second kappa shape index (κ2) is 3.24. The molecule has 4 aliphatic carbocycles. The van der Waals surface area contributed by atoms with E-state index in [1.165, 1.54) is 19.3 Å². The van der Waals surface area contributed by atoms with E-state index >= 15 is 0 Å². The van der Waals surface area contributed by atoms with Crippen molar-refractivity contribution in [1.82, 2.24) is 0 Å². The van der Waals surface area contributed by atoms with Gasteiger partial charge in [0, 0.05) is 11.2 Å². The fraction of sp³-hybridized carbons (Fsp3) is 0.917. The number of rotatable bonds is 1. The summed E-state index contributed by atoms with van der Waals surface area (Å²) in [6, 6.07) is 0. The number of hydrogen-bond acceptors (Lipinski definition) is 2. The molecule has 4 fully saturated rings. The molecule has 0 N–H and O–H groups in total. The van der Waals surface area contributed by atoms with Gasteiger partial charge in [0.2, 0.25) is 0 Å². The molecule has 0 aliphatic heterocycles. The van der Waals surface area contributed by atoms with Gasteiger partial charge in [-0.25, -0.2) is 4.79 Å². The summed E-state index contributed by atoms with van der Waals surface area (Å²) in [5.74, 6) is 2.30. The molecule has 0 aromatic heterocycles. The van der Waals surface area contributed by atoms with E-state index in [0.717, 1.165) is 37.0 Å². The Balaban J connectivity index is 1.90. The summed E-state index contributed by atoms with van der Waals surface area (Å²) in [4.78, 5) is 12.1. The van der Waals surface area contributed by atoms with Crippen LogP contribution >= 0.6 is 0 Å². The molecule has 4 bridgehead atoms. The van der Waals surface area contributed by atoms with Crippen LogP contribution in [0.25, 0.3) is 0 Å². The van der Waals surface area contributed by atoms with Gasteiger partial charge in [0.05, 0.1) is 5.41 Å². The van der Waals surface area contributed by atoms with E-state index in [1.807, 2.05) is 0 Å². The van der Waals surface area contributed by atoms with Gasteiger partial charge in [-0.15, -0.1) is 0 Å². The second-order valence-corrected chi connectivity index (χ2v) is 7.22. The Morgan fingerprint density at radius 1 is 1.13 bits per heavy atom. The van der Waals surface area contributed by atoms with Crippen LogP contribution in [0, 0.1) is 23.2 Å². The SMILES string of the molecule is C[S+]([O-])C(=O)C12CC3CC(CC(C3)C1)C2. The highest BCUT2D eigenvalue weighted by molar-refractivity contribution is 8.05. The van der Waals surface area contributed by atoms with Gasteiger partial charge in [-0.05, 0) is 56.3 Å². The summed E-state index contributed by atoms with van der Waals surface area (Å²) in [5, 5.41) is 0.0570. The molecule has 3 heteroatoms. The minimum Gasteiger partial charge on any atom is -0.609 e. The Hall–Kier alpha value is -0.0200. The van der Waals surface area contributed by atoms with E-state index in [9.17, 15) is 9.35 Å². The van der Waals surface area contributed by atoms with Gasteiger partial charge in [0.15, 0.2) is 0 Å². The second-order valence-electron chi connectivity index (χ2n) is 5.94. The number of carbonyl (C=O) groups excluding carboxylic acids is 1. The van der Waals surface area contributed by atoms with Crippen LogP contribution in [0.3, 0.4) is 0 Å². The van der Waals surface area contributed by atoms with E-state index in [-0.39, 0.29) is 10.5 Å². The maximum absolute atomic E-state index is 12.1. The molecule has 0 saturated heterocycles. The zero-order valence-corrected chi connectivity index (χ0v) is 10.0. The first kappa shape index (κ1) is 10.2. The molecule has 4 saturated carbocycles. The number of hydrogen-bond donors (Lipinski definition) is 0. The molecule has 0 amide bonds. The van der Waals surface area contributed by atoms with Gasteiger partial charge in [-0.2, -0.15) is 0 Å². The highest BCUT2D eigenvalue weighted by atomic mass is 32.2. The minimum atomic E-state index is -1.26. The molecular weight excluding hydrogens is 208 g/mol. The number of carbonyl (C=O) groups is 1. The van der Waals surface area contributed by atoms with Crippen molar-refractivity contribution in [1.29, 1.82) is 0 Å². The van der Waals surface area contributed by atoms with Crippen molar-refractivity contribution >= 4 is 16.3 Å². The smallest absolute Gasteiger partial charge is 0.334 e. The average Bonchev–Trinajstić information content (AvgIpc) is 2.14. The summed E-state index contributed by atoms with van der Waals surface area (Å²) in [6.45, 7) is 0. The molecule has 0 radical (unpaired) electrons. The molecule has 0 aromatic carbocycles. The average molecular weight is 226 g/mol. The fourth-order valence-electron chi connectivity index (χ4n) is 4.67. The van der Waals surface area contributed by atoms with Gasteiger partial charge in [0.25, 0.3) is 0 Å². The predicted molar refractivity (Wildman–Crippen MR) is 59.7 cm³/mol. The molecule has 1 unspecified atom stereocenters. The zero-order valence-electron chi connectivity index (χ0n) is 9.20. The van der Waals surface area contributed by atoms with Gasteiger partial charge in [-0.1, -0.05) is 0 Å². The predicted octanol–water partition coefficient (Wildman–Crippen LogP) is 2.11.